The fourth-order valence-corrected chi connectivity index (χ4v) is 14.4. The predicted octanol–water partition coefficient (Wildman–Crippen LogP) is 13.5. The summed E-state index contributed by atoms with van der Waals surface area (Å²) in [4.78, 5) is 7.49. The Morgan fingerprint density at radius 3 is 2.58 bits per heavy atom. The van der Waals surface area contributed by atoms with E-state index in [0.717, 1.165) is 12.8 Å². The number of benzene rings is 1. The van der Waals surface area contributed by atoms with Crippen LogP contribution in [-0.4, -0.2) is 11.3 Å². The lowest BCUT2D eigenvalue weighted by molar-refractivity contribution is 0.366. The molecule has 0 N–H and O–H groups in total. The van der Waals surface area contributed by atoms with E-state index in [2.05, 4.69) is 132 Å². The van der Waals surface area contributed by atoms with E-state index in [4.69, 9.17) is 0 Å². The van der Waals surface area contributed by atoms with Gasteiger partial charge in [0.05, 0.1) is 5.41 Å². The van der Waals surface area contributed by atoms with Crippen LogP contribution < -0.4 is 4.90 Å². The van der Waals surface area contributed by atoms with Crippen molar-refractivity contribution in [3.05, 3.63) is 168 Å². The highest BCUT2D eigenvalue weighted by Crippen LogP contribution is 2.69. The van der Waals surface area contributed by atoms with Crippen molar-refractivity contribution >= 4 is 29.2 Å². The van der Waals surface area contributed by atoms with Gasteiger partial charge in [0, 0.05) is 44.3 Å². The number of thioether (sulfide) groups is 2. The molecule has 0 amide bonds. The molecule has 11 rings (SSSR count). The lowest BCUT2D eigenvalue weighted by Gasteiger charge is -2.56. The molecule has 52 heavy (non-hydrogen) atoms. The monoisotopic (exact) mass is 715 g/mol. The van der Waals surface area contributed by atoms with Crippen LogP contribution in [0.1, 0.15) is 89.9 Å². The van der Waals surface area contributed by atoms with Gasteiger partial charge in [0.1, 0.15) is 0 Å². The molecular weight excluding hydrogens is 667 g/mol. The van der Waals surface area contributed by atoms with E-state index in [1.54, 1.807) is 48.2 Å². The highest BCUT2D eigenvalue weighted by atomic mass is 32.2. The SMILES string of the molecule is C1=CC2=C(CC1)C1(C3=CCCC=C3SC3C=C(C4=CC5=C(CC4)C4C=CCCC4N5c4ccccc4)C=CC31)C1=C(CCC(C3=CCCCC3)=C1)S2. The molecule has 1 spiro atoms. The minimum atomic E-state index is -0.0729. The Balaban J connectivity index is 1.03. The van der Waals surface area contributed by atoms with Gasteiger partial charge >= 0.3 is 0 Å². The maximum atomic E-state index is 2.75. The largest absolute Gasteiger partial charge is 0.337 e. The molecule has 0 aromatic heterocycles. The quantitative estimate of drug-likeness (QED) is 0.287. The van der Waals surface area contributed by atoms with Gasteiger partial charge in [-0.2, -0.15) is 0 Å². The van der Waals surface area contributed by atoms with Gasteiger partial charge in [-0.3, -0.25) is 0 Å². The van der Waals surface area contributed by atoms with E-state index in [-0.39, 0.29) is 5.41 Å². The molecule has 10 aliphatic rings. The molecule has 0 bridgehead atoms. The van der Waals surface area contributed by atoms with Crippen LogP contribution in [-0.2, 0) is 0 Å². The highest BCUT2D eigenvalue weighted by Gasteiger charge is 2.57. The summed E-state index contributed by atoms with van der Waals surface area (Å²) in [5, 5.41) is 0.418. The summed E-state index contributed by atoms with van der Waals surface area (Å²) < 4.78 is 0. The van der Waals surface area contributed by atoms with Gasteiger partial charge in [-0.25, -0.2) is 0 Å². The summed E-state index contributed by atoms with van der Waals surface area (Å²) in [7, 11) is 0. The number of anilines is 1. The third kappa shape index (κ3) is 4.90. The predicted molar refractivity (Wildman–Crippen MR) is 223 cm³/mol. The van der Waals surface area contributed by atoms with Crippen molar-refractivity contribution in [1.29, 1.82) is 0 Å². The second-order valence-corrected chi connectivity index (χ2v) is 18.8. The van der Waals surface area contributed by atoms with E-state index in [0.29, 0.717) is 23.1 Å². The fraction of sp³-hybridized carbons (Fsp3) is 0.388. The molecule has 0 saturated carbocycles. The standard InChI is InChI=1S/C49H49NS2/c1-3-13-32(14-4-1)33-25-28-47-42(29-33)49(39-18-8-11-21-45(39)51-47)40-19-9-12-22-46(40)52-48-31-35(24-27-41(48)49)34-23-26-38-37-17-7-10-20-43(37)50(44(38)30-34)36-15-5-2-6-16-36/h2,5-7,11,13,15-17,19,21-22,24,27,29-31,37,41,43,48H,1,3-4,8-10,12,14,18,20,23,25-26,28H2. The molecule has 262 valence electrons. The molecule has 5 atom stereocenters. The van der Waals surface area contributed by atoms with Crippen molar-refractivity contribution in [2.45, 2.75) is 101 Å². The molecule has 1 aromatic carbocycles. The minimum Gasteiger partial charge on any atom is -0.337 e. The van der Waals surface area contributed by atoms with Crippen LogP contribution in [0.25, 0.3) is 0 Å². The molecule has 1 saturated heterocycles. The number of para-hydroxylation sites is 1. The maximum absolute atomic E-state index is 2.75. The Morgan fingerprint density at radius 2 is 1.65 bits per heavy atom. The first-order valence-corrected chi connectivity index (χ1v) is 22.1. The molecule has 0 radical (unpaired) electrons. The zero-order valence-corrected chi connectivity index (χ0v) is 31.9. The summed E-state index contributed by atoms with van der Waals surface area (Å²) in [5.74, 6) is 0.969. The number of fused-ring (bicyclic) bond motifs is 8. The van der Waals surface area contributed by atoms with Crippen LogP contribution in [0.15, 0.2) is 168 Å². The van der Waals surface area contributed by atoms with Crippen molar-refractivity contribution in [1.82, 2.24) is 0 Å². The van der Waals surface area contributed by atoms with Gasteiger partial charge in [-0.1, -0.05) is 96.8 Å². The number of hydrogen-bond donors (Lipinski definition) is 0. The second-order valence-electron chi connectivity index (χ2n) is 16.4. The molecular formula is C49H49NS2. The summed E-state index contributed by atoms with van der Waals surface area (Å²) >= 11 is 4.30. The molecule has 5 unspecified atom stereocenters. The second kappa shape index (κ2) is 12.9. The normalized spacial score (nSPS) is 33.2. The van der Waals surface area contributed by atoms with Crippen LogP contribution in [0.4, 0.5) is 5.69 Å². The molecule has 7 aliphatic carbocycles. The van der Waals surface area contributed by atoms with Crippen LogP contribution >= 0.6 is 23.5 Å². The molecule has 3 heteroatoms. The Bertz CT molecular complexity index is 2120. The molecule has 1 nitrogen and oxygen atoms in total. The fourth-order valence-electron chi connectivity index (χ4n) is 11.5. The van der Waals surface area contributed by atoms with Crippen molar-refractivity contribution < 1.29 is 0 Å². The zero-order valence-electron chi connectivity index (χ0n) is 30.3. The van der Waals surface area contributed by atoms with Crippen molar-refractivity contribution in [3.63, 3.8) is 0 Å². The first kappa shape index (κ1) is 32.1. The summed E-state index contributed by atoms with van der Waals surface area (Å²) in [6.07, 6.45) is 48.2. The summed E-state index contributed by atoms with van der Waals surface area (Å²) in [6.45, 7) is 0. The molecule has 1 aromatic rings. The van der Waals surface area contributed by atoms with Gasteiger partial charge in [-0.15, -0.1) is 11.8 Å². The van der Waals surface area contributed by atoms with Gasteiger partial charge in [-0.05, 0) is 158 Å². The van der Waals surface area contributed by atoms with Crippen molar-refractivity contribution in [2.24, 2.45) is 17.3 Å². The average Bonchev–Trinajstić information content (AvgIpc) is 3.55. The highest BCUT2D eigenvalue weighted by molar-refractivity contribution is 8.07. The van der Waals surface area contributed by atoms with Gasteiger partial charge in [0.2, 0.25) is 0 Å². The van der Waals surface area contributed by atoms with Crippen LogP contribution in [0, 0.1) is 17.3 Å². The van der Waals surface area contributed by atoms with Gasteiger partial charge in [0.25, 0.3) is 0 Å². The number of rotatable bonds is 3. The van der Waals surface area contributed by atoms with Crippen molar-refractivity contribution in [3.8, 4) is 0 Å². The Labute approximate surface area is 319 Å². The van der Waals surface area contributed by atoms with Crippen LogP contribution in [0.2, 0.25) is 0 Å². The smallest absolute Gasteiger partial charge is 0.0517 e. The molecule has 3 heterocycles. The maximum Gasteiger partial charge on any atom is 0.0517 e. The number of allylic oxidation sites excluding steroid dienone is 18. The Hall–Kier alpha value is -3.40. The Morgan fingerprint density at radius 1 is 0.731 bits per heavy atom. The number of hydrogen-bond acceptors (Lipinski definition) is 3. The van der Waals surface area contributed by atoms with Crippen LogP contribution in [0.5, 0.6) is 0 Å². The average molecular weight is 716 g/mol. The topological polar surface area (TPSA) is 3.24 Å². The van der Waals surface area contributed by atoms with E-state index < -0.39 is 0 Å². The first-order valence-electron chi connectivity index (χ1n) is 20.4. The molecule has 1 fully saturated rings. The van der Waals surface area contributed by atoms with Gasteiger partial charge < -0.3 is 4.90 Å². The molecule has 3 aliphatic heterocycles. The zero-order chi connectivity index (χ0) is 34.2. The van der Waals surface area contributed by atoms with Crippen molar-refractivity contribution in [2.75, 3.05) is 4.90 Å². The minimum absolute atomic E-state index is 0.0729. The third-order valence-electron chi connectivity index (χ3n) is 13.8. The summed E-state index contributed by atoms with van der Waals surface area (Å²) in [6, 6.07) is 11.8. The number of nitrogens with zero attached hydrogens (tertiary/aromatic N) is 1. The lowest BCUT2D eigenvalue weighted by atomic mass is 9.55. The van der Waals surface area contributed by atoms with E-state index in [1.807, 2.05) is 0 Å². The first-order chi connectivity index (χ1) is 25.8. The van der Waals surface area contributed by atoms with Crippen LogP contribution in [0.3, 0.4) is 0 Å². The van der Waals surface area contributed by atoms with Gasteiger partial charge in [0.15, 0.2) is 0 Å². The van der Waals surface area contributed by atoms with E-state index >= 15 is 0 Å². The van der Waals surface area contributed by atoms with E-state index in [9.17, 15) is 0 Å². The Kier molecular flexibility index (Phi) is 7.94. The third-order valence-corrected chi connectivity index (χ3v) is 16.4. The van der Waals surface area contributed by atoms with E-state index in [1.165, 1.54) is 99.6 Å². The lowest BCUT2D eigenvalue weighted by Crippen LogP contribution is -2.47. The summed E-state index contributed by atoms with van der Waals surface area (Å²) in [5.41, 5.74) is 15.8.